The number of aliphatic hydroxyl groups excluding tert-OH is 4. The zero-order chi connectivity index (χ0) is 36.8. The molecule has 8 heteroatoms. The zero-order valence-electron chi connectivity index (χ0n) is 29.4. The Bertz CT molecular complexity index is 1900. The quantitative estimate of drug-likeness (QED) is 0.0659. The first-order chi connectivity index (χ1) is 26.1. The van der Waals surface area contributed by atoms with Crippen LogP contribution in [-0.2, 0) is 0 Å². The van der Waals surface area contributed by atoms with Crippen LogP contribution in [0.1, 0.15) is 30.0 Å². The van der Waals surface area contributed by atoms with Crippen LogP contribution in [-0.4, -0.2) is 73.3 Å². The second-order valence-electron chi connectivity index (χ2n) is 12.3. The first-order valence-corrected chi connectivity index (χ1v) is 17.7. The maximum absolute atomic E-state index is 9.80. The van der Waals surface area contributed by atoms with Gasteiger partial charge >= 0.3 is 0 Å². The summed E-state index contributed by atoms with van der Waals surface area (Å²) in [7, 11) is 0. The number of benzene rings is 6. The Balaban J connectivity index is 0.00000561. The molecule has 0 aliphatic carbocycles. The summed E-state index contributed by atoms with van der Waals surface area (Å²) in [6, 6.07) is 46.2. The third-order valence-corrected chi connectivity index (χ3v) is 8.79. The van der Waals surface area contributed by atoms with Gasteiger partial charge in [0.1, 0.15) is 49.4 Å². The molecule has 0 bridgehead atoms. The van der Waals surface area contributed by atoms with Crippen LogP contribution in [0.5, 0.6) is 23.0 Å². The molecule has 0 atom stereocenters. The number of aliphatic hydroxyl groups is 4. The molecular weight excluding hydrogens is 680 g/mol. The summed E-state index contributed by atoms with van der Waals surface area (Å²) in [5.74, 6) is 2.16. The molecule has 0 saturated carbocycles. The Morgan fingerprint density at radius 1 is 0.370 bits per heavy atom. The van der Waals surface area contributed by atoms with E-state index >= 15 is 0 Å². The highest BCUT2D eigenvalue weighted by Gasteiger charge is 2.26. The standard InChI is InChI=1S/C45H44O8.CH4/c46-22-26-50-39-16-10-34(11-17-39)37-14-20-43(52-28-24-48)41(30-37)45(36-8-6-33(7-9-36)32-4-2-1-3-5-32)42-31-38(15-21-44(42)53-29-25-49)35-12-18-40(19-13-35)51-27-23-47;/h1-21,30-31,45-49H,22-29H2;1H4. The molecule has 6 aromatic rings. The van der Waals surface area contributed by atoms with Crippen molar-refractivity contribution in [2.75, 3.05) is 52.9 Å². The van der Waals surface area contributed by atoms with Crippen LogP contribution < -0.4 is 18.9 Å². The molecule has 0 saturated heterocycles. The molecule has 0 aromatic heterocycles. The lowest BCUT2D eigenvalue weighted by molar-refractivity contribution is 0.198. The molecule has 0 fully saturated rings. The SMILES string of the molecule is C.OCCOc1ccc(-c2ccc(OCCO)c(C(c3ccc(-c4ccccc4)cc3)c3cc(-c4ccc(OCCO)cc4)ccc3OCCO)c2)cc1. The van der Waals surface area contributed by atoms with Crippen LogP contribution in [0.3, 0.4) is 0 Å². The minimum absolute atomic E-state index is 0. The first kappa shape index (κ1) is 39.6. The molecule has 0 aliphatic rings. The fourth-order valence-electron chi connectivity index (χ4n) is 6.32. The summed E-state index contributed by atoms with van der Waals surface area (Å²) in [5, 5.41) is 38.0. The molecule has 0 radical (unpaired) electrons. The van der Waals surface area contributed by atoms with E-state index in [1.54, 1.807) is 0 Å². The number of ether oxygens (including phenoxy) is 4. The molecule has 54 heavy (non-hydrogen) atoms. The molecule has 280 valence electrons. The zero-order valence-corrected chi connectivity index (χ0v) is 29.4. The third kappa shape index (κ3) is 9.86. The van der Waals surface area contributed by atoms with Crippen molar-refractivity contribution in [1.29, 1.82) is 0 Å². The minimum atomic E-state index is -0.401. The Morgan fingerprint density at radius 2 is 0.722 bits per heavy atom. The first-order valence-electron chi connectivity index (χ1n) is 17.7. The van der Waals surface area contributed by atoms with Crippen molar-refractivity contribution >= 4 is 0 Å². The van der Waals surface area contributed by atoms with Gasteiger partial charge in [-0.2, -0.15) is 0 Å². The van der Waals surface area contributed by atoms with E-state index in [1.165, 1.54) is 0 Å². The van der Waals surface area contributed by atoms with Crippen molar-refractivity contribution in [1.82, 2.24) is 0 Å². The average Bonchev–Trinajstić information content (AvgIpc) is 3.22. The topological polar surface area (TPSA) is 118 Å². The predicted octanol–water partition coefficient (Wildman–Crippen LogP) is 7.99. The summed E-state index contributed by atoms with van der Waals surface area (Å²) in [6.45, 7) is 0.228. The predicted molar refractivity (Wildman–Crippen MR) is 214 cm³/mol. The van der Waals surface area contributed by atoms with Crippen molar-refractivity contribution in [3.8, 4) is 56.4 Å². The number of rotatable bonds is 18. The lowest BCUT2D eigenvalue weighted by atomic mass is 9.81. The third-order valence-electron chi connectivity index (χ3n) is 8.79. The molecule has 0 spiro atoms. The number of hydrogen-bond donors (Lipinski definition) is 4. The lowest BCUT2D eigenvalue weighted by Gasteiger charge is -2.26. The van der Waals surface area contributed by atoms with Gasteiger partial charge in [-0.3, -0.25) is 0 Å². The smallest absolute Gasteiger partial charge is 0.123 e. The highest BCUT2D eigenvalue weighted by molar-refractivity contribution is 5.72. The van der Waals surface area contributed by atoms with Gasteiger partial charge in [0.05, 0.1) is 26.4 Å². The van der Waals surface area contributed by atoms with E-state index < -0.39 is 5.92 Å². The fraction of sp³-hybridized carbons (Fsp3) is 0.217. The van der Waals surface area contributed by atoms with Crippen LogP contribution in [0.4, 0.5) is 0 Å². The van der Waals surface area contributed by atoms with Gasteiger partial charge in [0.25, 0.3) is 0 Å². The maximum Gasteiger partial charge on any atom is 0.123 e. The molecule has 4 N–H and O–H groups in total. The molecule has 0 amide bonds. The number of hydrogen-bond acceptors (Lipinski definition) is 8. The van der Waals surface area contributed by atoms with Crippen molar-refractivity contribution in [2.24, 2.45) is 0 Å². The van der Waals surface area contributed by atoms with Crippen LogP contribution in [0.25, 0.3) is 33.4 Å². The highest BCUT2D eigenvalue weighted by atomic mass is 16.5. The van der Waals surface area contributed by atoms with Crippen molar-refractivity contribution in [2.45, 2.75) is 13.3 Å². The summed E-state index contributed by atoms with van der Waals surface area (Å²) < 4.78 is 23.7. The van der Waals surface area contributed by atoms with E-state index in [0.717, 1.165) is 50.1 Å². The Morgan fingerprint density at radius 3 is 1.15 bits per heavy atom. The van der Waals surface area contributed by atoms with Gasteiger partial charge in [-0.1, -0.05) is 98.4 Å². The average molecular weight is 729 g/mol. The lowest BCUT2D eigenvalue weighted by Crippen LogP contribution is -2.12. The van der Waals surface area contributed by atoms with Crippen LogP contribution in [0, 0.1) is 0 Å². The summed E-state index contributed by atoms with van der Waals surface area (Å²) in [4.78, 5) is 0. The van der Waals surface area contributed by atoms with Gasteiger partial charge < -0.3 is 39.4 Å². The molecule has 6 rings (SSSR count). The molecule has 0 heterocycles. The summed E-state index contributed by atoms with van der Waals surface area (Å²) >= 11 is 0. The highest BCUT2D eigenvalue weighted by Crippen LogP contribution is 2.45. The molecule has 6 aromatic carbocycles. The second kappa shape index (κ2) is 20.0. The van der Waals surface area contributed by atoms with Crippen molar-refractivity contribution in [3.05, 3.63) is 156 Å². The second-order valence-corrected chi connectivity index (χ2v) is 12.3. The van der Waals surface area contributed by atoms with Gasteiger partial charge in [0.15, 0.2) is 0 Å². The largest absolute Gasteiger partial charge is 0.491 e. The van der Waals surface area contributed by atoms with Gasteiger partial charge in [-0.25, -0.2) is 0 Å². The van der Waals surface area contributed by atoms with Crippen molar-refractivity contribution in [3.63, 3.8) is 0 Å². The molecular formula is C46H48O8. The van der Waals surface area contributed by atoms with Gasteiger partial charge in [0, 0.05) is 17.0 Å². The summed E-state index contributed by atoms with van der Waals surface area (Å²) in [6.07, 6.45) is 0. The molecule has 8 nitrogen and oxygen atoms in total. The van der Waals surface area contributed by atoms with Gasteiger partial charge in [0.2, 0.25) is 0 Å². The van der Waals surface area contributed by atoms with Crippen LogP contribution in [0.15, 0.2) is 140 Å². The molecule has 0 aliphatic heterocycles. The van der Waals surface area contributed by atoms with E-state index in [4.69, 9.17) is 18.9 Å². The van der Waals surface area contributed by atoms with E-state index in [1.807, 2.05) is 91.0 Å². The van der Waals surface area contributed by atoms with E-state index in [0.29, 0.717) is 23.0 Å². The Hall–Kier alpha value is -5.64. The van der Waals surface area contributed by atoms with E-state index in [-0.39, 0.29) is 60.3 Å². The van der Waals surface area contributed by atoms with E-state index in [9.17, 15) is 20.4 Å². The van der Waals surface area contributed by atoms with Crippen LogP contribution >= 0.6 is 0 Å². The van der Waals surface area contributed by atoms with Gasteiger partial charge in [-0.15, -0.1) is 0 Å². The van der Waals surface area contributed by atoms with Crippen LogP contribution in [0.2, 0.25) is 0 Å². The maximum atomic E-state index is 9.80. The van der Waals surface area contributed by atoms with Crippen molar-refractivity contribution < 1.29 is 39.4 Å². The Labute approximate surface area is 317 Å². The normalized spacial score (nSPS) is 10.8. The monoisotopic (exact) mass is 728 g/mol. The molecule has 0 unspecified atom stereocenters. The van der Waals surface area contributed by atoms with E-state index in [2.05, 4.69) is 48.5 Å². The Kier molecular flexibility index (Phi) is 14.6. The van der Waals surface area contributed by atoms with Gasteiger partial charge in [-0.05, 0) is 87.5 Å². The minimum Gasteiger partial charge on any atom is -0.491 e. The fourth-order valence-corrected chi connectivity index (χ4v) is 6.32. The summed E-state index contributed by atoms with van der Waals surface area (Å²) in [5.41, 5.74) is 8.72.